The highest BCUT2D eigenvalue weighted by atomic mass is 32.1. The van der Waals surface area contributed by atoms with Crippen LogP contribution >= 0.6 is 11.3 Å². The van der Waals surface area contributed by atoms with E-state index in [1.54, 1.807) is 37.4 Å². The molecule has 0 saturated heterocycles. The van der Waals surface area contributed by atoms with Gasteiger partial charge >= 0.3 is 11.7 Å². The van der Waals surface area contributed by atoms with Crippen LogP contribution in [0.1, 0.15) is 6.42 Å². The van der Waals surface area contributed by atoms with Crippen LogP contribution in [-0.4, -0.2) is 35.4 Å². The Morgan fingerprint density at radius 1 is 1.25 bits per heavy atom. The first-order valence-corrected chi connectivity index (χ1v) is 9.14. The van der Waals surface area contributed by atoms with Crippen molar-refractivity contribution in [2.45, 2.75) is 13.0 Å². The minimum atomic E-state index is -0.659. The molecule has 2 aromatic heterocycles. The van der Waals surface area contributed by atoms with Crippen LogP contribution in [0, 0.1) is 0 Å². The van der Waals surface area contributed by atoms with Crippen molar-refractivity contribution in [1.82, 2.24) is 9.78 Å². The second-order valence-electron chi connectivity index (χ2n) is 5.56. The Bertz CT molecular complexity index is 991. The summed E-state index contributed by atoms with van der Waals surface area (Å²) in [5.41, 5.74) is 0.553. The van der Waals surface area contributed by atoms with E-state index in [4.69, 9.17) is 13.9 Å². The lowest BCUT2D eigenvalue weighted by Gasteiger charge is -2.07. The first-order chi connectivity index (χ1) is 13.5. The molecule has 1 N–H and O–H groups in total. The van der Waals surface area contributed by atoms with Gasteiger partial charge in [-0.15, -0.1) is 16.4 Å². The van der Waals surface area contributed by atoms with Crippen LogP contribution in [0.3, 0.4) is 0 Å². The molecular weight excluding hydrogens is 386 g/mol. The van der Waals surface area contributed by atoms with Gasteiger partial charge in [-0.05, 0) is 35.7 Å². The maximum atomic E-state index is 11.8. The average molecular weight is 403 g/mol. The second kappa shape index (κ2) is 9.00. The number of esters is 1. The smallest absolute Gasteiger partial charge is 0.437 e. The number of carbonyl (C=O) groups is 2. The Hall–Kier alpha value is -3.40. The highest BCUT2D eigenvalue weighted by Gasteiger charge is 2.13. The summed E-state index contributed by atoms with van der Waals surface area (Å²) in [5.74, 6) is -0.898. The number of ether oxygens (including phenoxy) is 2. The molecule has 0 aliphatic carbocycles. The molecule has 10 heteroatoms. The summed E-state index contributed by atoms with van der Waals surface area (Å²) in [7, 11) is 1.54. The van der Waals surface area contributed by atoms with E-state index in [1.165, 1.54) is 11.3 Å². The zero-order valence-electron chi connectivity index (χ0n) is 14.9. The SMILES string of the molecule is COc1ccc(NC(=O)COC(=O)CCn2nc(-c3cccs3)oc2=O)cc1. The molecule has 1 aromatic carbocycles. The third-order valence-corrected chi connectivity index (χ3v) is 4.46. The standard InChI is InChI=1S/C18H17N3O6S/c1-25-13-6-4-12(5-7-13)19-15(22)11-26-16(23)8-9-21-18(24)27-17(20-21)14-3-2-10-28-14/h2-7,10H,8-9,11H2,1H3,(H,19,22). The quantitative estimate of drug-likeness (QED) is 0.573. The lowest BCUT2D eigenvalue weighted by Crippen LogP contribution is -2.23. The molecule has 2 heterocycles. The van der Waals surface area contributed by atoms with Crippen LogP contribution in [0.4, 0.5) is 5.69 Å². The number of anilines is 1. The summed E-state index contributed by atoms with van der Waals surface area (Å²) in [6, 6.07) is 10.3. The third kappa shape index (κ3) is 5.07. The monoisotopic (exact) mass is 403 g/mol. The van der Waals surface area contributed by atoms with Gasteiger partial charge in [-0.3, -0.25) is 9.59 Å². The average Bonchev–Trinajstić information content (AvgIpc) is 3.35. The normalized spacial score (nSPS) is 10.5. The van der Waals surface area contributed by atoms with Crippen LogP contribution < -0.4 is 15.8 Å². The second-order valence-corrected chi connectivity index (χ2v) is 6.51. The van der Waals surface area contributed by atoms with E-state index in [9.17, 15) is 14.4 Å². The molecule has 1 amide bonds. The van der Waals surface area contributed by atoms with Crippen molar-refractivity contribution in [3.8, 4) is 16.5 Å². The van der Waals surface area contributed by atoms with Crippen LogP contribution in [0.5, 0.6) is 5.75 Å². The molecule has 0 unspecified atom stereocenters. The van der Waals surface area contributed by atoms with Gasteiger partial charge in [-0.1, -0.05) is 6.07 Å². The van der Waals surface area contributed by atoms with Crippen LogP contribution in [0.25, 0.3) is 10.8 Å². The summed E-state index contributed by atoms with van der Waals surface area (Å²) >= 11 is 1.38. The highest BCUT2D eigenvalue weighted by molar-refractivity contribution is 7.13. The molecule has 9 nitrogen and oxygen atoms in total. The van der Waals surface area contributed by atoms with Gasteiger partial charge in [0.15, 0.2) is 6.61 Å². The summed E-state index contributed by atoms with van der Waals surface area (Å²) in [4.78, 5) is 36.1. The molecule has 0 radical (unpaired) electrons. The van der Waals surface area contributed by atoms with E-state index >= 15 is 0 Å². The van der Waals surface area contributed by atoms with E-state index in [1.807, 2.05) is 11.4 Å². The minimum Gasteiger partial charge on any atom is -0.497 e. The molecular formula is C18H17N3O6S. The van der Waals surface area contributed by atoms with Crippen molar-refractivity contribution >= 4 is 28.9 Å². The number of amides is 1. The molecule has 28 heavy (non-hydrogen) atoms. The largest absolute Gasteiger partial charge is 0.497 e. The molecule has 0 atom stereocenters. The first kappa shape index (κ1) is 19.4. The lowest BCUT2D eigenvalue weighted by atomic mass is 10.3. The number of benzene rings is 1. The Morgan fingerprint density at radius 2 is 2.04 bits per heavy atom. The number of hydrogen-bond donors (Lipinski definition) is 1. The molecule has 0 aliphatic heterocycles. The van der Waals surface area contributed by atoms with E-state index in [0.29, 0.717) is 16.3 Å². The van der Waals surface area contributed by atoms with Gasteiger partial charge in [-0.2, -0.15) is 4.68 Å². The molecule has 0 aliphatic rings. The lowest BCUT2D eigenvalue weighted by molar-refractivity contribution is -0.147. The number of aryl methyl sites for hydroxylation is 1. The number of hydrogen-bond acceptors (Lipinski definition) is 8. The van der Waals surface area contributed by atoms with Gasteiger partial charge in [0.2, 0.25) is 0 Å². The maximum absolute atomic E-state index is 11.8. The van der Waals surface area contributed by atoms with Gasteiger partial charge in [0, 0.05) is 5.69 Å². The number of carbonyl (C=O) groups excluding carboxylic acids is 2. The Labute approximate surface area is 163 Å². The Morgan fingerprint density at radius 3 is 2.71 bits per heavy atom. The van der Waals surface area contributed by atoms with Gasteiger partial charge in [0.05, 0.1) is 25.0 Å². The molecule has 0 spiro atoms. The van der Waals surface area contributed by atoms with Gasteiger partial charge in [0.1, 0.15) is 5.75 Å². The zero-order valence-corrected chi connectivity index (χ0v) is 15.7. The van der Waals surface area contributed by atoms with Crippen molar-refractivity contribution in [3.05, 3.63) is 52.3 Å². The fourth-order valence-electron chi connectivity index (χ4n) is 2.23. The number of thiophene rings is 1. The van der Waals surface area contributed by atoms with E-state index < -0.39 is 24.2 Å². The van der Waals surface area contributed by atoms with Crippen LogP contribution in [-0.2, 0) is 20.9 Å². The summed E-state index contributed by atoms with van der Waals surface area (Å²) in [6.07, 6.45) is -0.119. The molecule has 3 rings (SSSR count). The molecule has 146 valence electrons. The topological polar surface area (TPSA) is 113 Å². The predicted octanol–water partition coefficient (Wildman–Crippen LogP) is 2.15. The van der Waals surface area contributed by atoms with Gasteiger partial charge < -0.3 is 19.2 Å². The summed E-state index contributed by atoms with van der Waals surface area (Å²) < 4.78 is 16.0. The minimum absolute atomic E-state index is 0.00730. The Kier molecular flexibility index (Phi) is 6.22. The number of nitrogens with one attached hydrogen (secondary N) is 1. The maximum Gasteiger partial charge on any atom is 0.437 e. The summed E-state index contributed by atoms with van der Waals surface area (Å²) in [5, 5.41) is 8.47. The fourth-order valence-corrected chi connectivity index (χ4v) is 2.88. The molecule has 0 bridgehead atoms. The fraction of sp³-hybridized carbons (Fsp3) is 0.222. The number of nitrogens with zero attached hydrogens (tertiary/aromatic N) is 2. The third-order valence-electron chi connectivity index (χ3n) is 3.60. The van der Waals surface area contributed by atoms with Gasteiger partial charge in [0.25, 0.3) is 11.8 Å². The van der Waals surface area contributed by atoms with Crippen molar-refractivity contribution in [3.63, 3.8) is 0 Å². The van der Waals surface area contributed by atoms with Crippen molar-refractivity contribution in [2.24, 2.45) is 0 Å². The molecule has 0 saturated carbocycles. The summed E-state index contributed by atoms with van der Waals surface area (Å²) in [6.45, 7) is -0.439. The van der Waals surface area contributed by atoms with Crippen LogP contribution in [0.2, 0.25) is 0 Å². The van der Waals surface area contributed by atoms with E-state index in [0.717, 1.165) is 4.68 Å². The molecule has 0 fully saturated rings. The number of aromatic nitrogens is 2. The van der Waals surface area contributed by atoms with Crippen molar-refractivity contribution < 1.29 is 23.5 Å². The Balaban J connectivity index is 1.44. The molecule has 3 aromatic rings. The van der Waals surface area contributed by atoms with Crippen molar-refractivity contribution in [2.75, 3.05) is 19.0 Å². The number of methoxy groups -OCH3 is 1. The number of rotatable bonds is 8. The van der Waals surface area contributed by atoms with Crippen molar-refractivity contribution in [1.29, 1.82) is 0 Å². The van der Waals surface area contributed by atoms with E-state index in [2.05, 4.69) is 10.4 Å². The first-order valence-electron chi connectivity index (χ1n) is 8.26. The zero-order chi connectivity index (χ0) is 19.9. The predicted molar refractivity (Wildman–Crippen MR) is 101 cm³/mol. The highest BCUT2D eigenvalue weighted by Crippen LogP contribution is 2.21. The van der Waals surface area contributed by atoms with Gasteiger partial charge in [-0.25, -0.2) is 4.79 Å². The van der Waals surface area contributed by atoms with E-state index in [-0.39, 0.29) is 18.9 Å². The van der Waals surface area contributed by atoms with Crippen LogP contribution in [0.15, 0.2) is 51.0 Å².